The molecule has 0 fully saturated rings. The van der Waals surface area contributed by atoms with Crippen molar-refractivity contribution >= 4 is 51.8 Å². The van der Waals surface area contributed by atoms with Crippen molar-refractivity contribution in [1.82, 2.24) is 10.6 Å². The number of benzene rings is 2. The maximum absolute atomic E-state index is 11.9. The molecule has 0 radical (unpaired) electrons. The molecular formula is C19H24BrIN4O. The Morgan fingerprint density at radius 1 is 1.00 bits per heavy atom. The monoisotopic (exact) mass is 530 g/mol. The summed E-state index contributed by atoms with van der Waals surface area (Å²) in [5, 5.41) is 5.97. The fourth-order valence-corrected chi connectivity index (χ4v) is 2.48. The lowest BCUT2D eigenvalue weighted by atomic mass is 10.1. The largest absolute Gasteiger partial charge is 0.370 e. The fourth-order valence-electron chi connectivity index (χ4n) is 2.22. The van der Waals surface area contributed by atoms with E-state index >= 15 is 0 Å². The molecule has 0 saturated carbocycles. The Morgan fingerprint density at radius 3 is 2.38 bits per heavy atom. The van der Waals surface area contributed by atoms with Crippen LogP contribution in [0.4, 0.5) is 0 Å². The van der Waals surface area contributed by atoms with Gasteiger partial charge in [-0.15, -0.1) is 24.0 Å². The van der Waals surface area contributed by atoms with E-state index in [0.717, 1.165) is 23.9 Å². The van der Waals surface area contributed by atoms with Crippen LogP contribution in [0.25, 0.3) is 0 Å². The van der Waals surface area contributed by atoms with Gasteiger partial charge in [0.05, 0.1) is 0 Å². The molecule has 0 atom stereocenters. The summed E-state index contributed by atoms with van der Waals surface area (Å²) in [5.41, 5.74) is 7.74. The maximum Gasteiger partial charge on any atom is 0.251 e. The Kier molecular flexibility index (Phi) is 11.0. The summed E-state index contributed by atoms with van der Waals surface area (Å²) < 4.78 is 0.952. The standard InChI is InChI=1S/C19H23BrN4O.HI/c20-17-9-7-16(8-10-17)18(25)22-12-4-13-23-19(21)24-14-11-15-5-2-1-3-6-15;/h1-3,5-10H,4,11-14H2,(H,22,25)(H3,21,23,24);1H. The van der Waals surface area contributed by atoms with Crippen LogP contribution >= 0.6 is 39.9 Å². The van der Waals surface area contributed by atoms with E-state index in [0.29, 0.717) is 24.6 Å². The predicted molar refractivity (Wildman–Crippen MR) is 121 cm³/mol. The third-order valence-electron chi connectivity index (χ3n) is 3.57. The number of hydrogen-bond donors (Lipinski definition) is 3. The smallest absolute Gasteiger partial charge is 0.251 e. The third kappa shape index (κ3) is 8.66. The molecule has 0 spiro atoms. The van der Waals surface area contributed by atoms with Crippen molar-refractivity contribution in [2.45, 2.75) is 12.8 Å². The number of nitrogens with two attached hydrogens (primary N) is 1. The molecule has 0 bridgehead atoms. The summed E-state index contributed by atoms with van der Waals surface area (Å²) in [4.78, 5) is 16.2. The predicted octanol–water partition coefficient (Wildman–Crippen LogP) is 3.33. The number of nitrogens with one attached hydrogen (secondary N) is 2. The molecule has 0 unspecified atom stereocenters. The number of nitrogens with zero attached hydrogens (tertiary/aromatic N) is 1. The number of aliphatic imine (C=N–C) groups is 1. The Labute approximate surface area is 180 Å². The molecule has 0 aromatic heterocycles. The highest BCUT2D eigenvalue weighted by Crippen LogP contribution is 2.10. The summed E-state index contributed by atoms with van der Waals surface area (Å²) in [6, 6.07) is 17.5. The van der Waals surface area contributed by atoms with Crippen molar-refractivity contribution in [3.05, 3.63) is 70.2 Å². The van der Waals surface area contributed by atoms with Crippen LogP contribution in [0, 0.1) is 0 Å². The van der Waals surface area contributed by atoms with Crippen LogP contribution in [0.5, 0.6) is 0 Å². The minimum absolute atomic E-state index is 0. The lowest BCUT2D eigenvalue weighted by molar-refractivity contribution is 0.0953. The van der Waals surface area contributed by atoms with Crippen molar-refractivity contribution in [3.8, 4) is 0 Å². The zero-order valence-electron chi connectivity index (χ0n) is 14.5. The first-order valence-electron chi connectivity index (χ1n) is 8.26. The summed E-state index contributed by atoms with van der Waals surface area (Å²) in [6.45, 7) is 1.89. The Balaban J connectivity index is 0.00000338. The Hall–Kier alpha value is -1.61. The molecule has 0 aliphatic carbocycles. The van der Waals surface area contributed by atoms with Gasteiger partial charge in [0.1, 0.15) is 0 Å². The first kappa shape index (κ1) is 22.4. The van der Waals surface area contributed by atoms with Crippen molar-refractivity contribution in [2.24, 2.45) is 10.7 Å². The molecular weight excluding hydrogens is 507 g/mol. The van der Waals surface area contributed by atoms with E-state index in [4.69, 9.17) is 5.73 Å². The second-order valence-corrected chi connectivity index (χ2v) is 6.46. The topological polar surface area (TPSA) is 79.5 Å². The number of guanidine groups is 1. The van der Waals surface area contributed by atoms with Gasteiger partial charge in [-0.1, -0.05) is 46.3 Å². The molecule has 5 nitrogen and oxygen atoms in total. The molecule has 2 rings (SSSR count). The number of rotatable bonds is 8. The summed E-state index contributed by atoms with van der Waals surface area (Å²) in [5.74, 6) is 0.362. The molecule has 0 saturated heterocycles. The van der Waals surface area contributed by atoms with Crippen LogP contribution in [-0.2, 0) is 6.42 Å². The van der Waals surface area contributed by atoms with Gasteiger partial charge in [-0.05, 0) is 42.7 Å². The molecule has 1 amide bonds. The fraction of sp³-hybridized carbons (Fsp3) is 0.263. The van der Waals surface area contributed by atoms with Gasteiger partial charge in [0, 0.05) is 29.7 Å². The number of carbonyl (C=O) groups is 1. The summed E-state index contributed by atoms with van der Waals surface area (Å²) >= 11 is 3.35. The summed E-state index contributed by atoms with van der Waals surface area (Å²) in [6.07, 6.45) is 1.64. The van der Waals surface area contributed by atoms with Gasteiger partial charge >= 0.3 is 0 Å². The zero-order chi connectivity index (χ0) is 17.9. The molecule has 7 heteroatoms. The Bertz CT molecular complexity index is 692. The molecule has 140 valence electrons. The average Bonchev–Trinajstić information content (AvgIpc) is 2.63. The average molecular weight is 531 g/mol. The van der Waals surface area contributed by atoms with Gasteiger partial charge in [0.25, 0.3) is 5.91 Å². The minimum atomic E-state index is -0.0783. The SMILES string of the molecule is I.NC(=NCCCNC(=O)c1ccc(Br)cc1)NCCc1ccccc1. The minimum Gasteiger partial charge on any atom is -0.370 e. The van der Waals surface area contributed by atoms with E-state index in [1.807, 2.05) is 30.3 Å². The van der Waals surface area contributed by atoms with Gasteiger partial charge in [-0.25, -0.2) is 0 Å². The molecule has 0 heterocycles. The highest BCUT2D eigenvalue weighted by molar-refractivity contribution is 14.0. The quantitative estimate of drug-likeness (QED) is 0.212. The first-order chi connectivity index (χ1) is 12.1. The molecule has 0 aliphatic heterocycles. The third-order valence-corrected chi connectivity index (χ3v) is 4.10. The molecule has 2 aromatic carbocycles. The number of halogens is 2. The molecule has 0 aliphatic rings. The highest BCUT2D eigenvalue weighted by Gasteiger charge is 2.03. The number of hydrogen-bond acceptors (Lipinski definition) is 2. The van der Waals surface area contributed by atoms with Crippen LogP contribution in [0.3, 0.4) is 0 Å². The number of amides is 1. The van der Waals surface area contributed by atoms with E-state index in [2.05, 4.69) is 43.7 Å². The van der Waals surface area contributed by atoms with Gasteiger partial charge in [0.15, 0.2) is 5.96 Å². The van der Waals surface area contributed by atoms with Gasteiger partial charge < -0.3 is 16.4 Å². The zero-order valence-corrected chi connectivity index (χ0v) is 18.4. The maximum atomic E-state index is 11.9. The Morgan fingerprint density at radius 2 is 1.69 bits per heavy atom. The van der Waals surface area contributed by atoms with Crippen LogP contribution in [0.15, 0.2) is 64.1 Å². The molecule has 2 aromatic rings. The summed E-state index contributed by atoms with van der Waals surface area (Å²) in [7, 11) is 0. The van der Waals surface area contributed by atoms with Gasteiger partial charge in [0.2, 0.25) is 0 Å². The highest BCUT2D eigenvalue weighted by atomic mass is 127. The lowest BCUT2D eigenvalue weighted by Gasteiger charge is -2.06. The molecule has 26 heavy (non-hydrogen) atoms. The first-order valence-corrected chi connectivity index (χ1v) is 9.06. The normalized spacial score (nSPS) is 10.7. The van der Waals surface area contributed by atoms with Crippen LogP contribution in [0.2, 0.25) is 0 Å². The van der Waals surface area contributed by atoms with E-state index in [-0.39, 0.29) is 29.9 Å². The molecule has 4 N–H and O–H groups in total. The van der Waals surface area contributed by atoms with E-state index < -0.39 is 0 Å². The van der Waals surface area contributed by atoms with Crippen LogP contribution in [0.1, 0.15) is 22.3 Å². The van der Waals surface area contributed by atoms with Crippen LogP contribution in [-0.4, -0.2) is 31.5 Å². The lowest BCUT2D eigenvalue weighted by Crippen LogP contribution is -2.33. The van der Waals surface area contributed by atoms with Crippen molar-refractivity contribution in [3.63, 3.8) is 0 Å². The van der Waals surface area contributed by atoms with Gasteiger partial charge in [-0.2, -0.15) is 0 Å². The van der Waals surface area contributed by atoms with Gasteiger partial charge in [-0.3, -0.25) is 9.79 Å². The van der Waals surface area contributed by atoms with Crippen molar-refractivity contribution in [1.29, 1.82) is 0 Å². The van der Waals surface area contributed by atoms with E-state index in [1.165, 1.54) is 5.56 Å². The number of carbonyl (C=O) groups excluding carboxylic acids is 1. The van der Waals surface area contributed by atoms with Crippen LogP contribution < -0.4 is 16.4 Å². The van der Waals surface area contributed by atoms with E-state index in [9.17, 15) is 4.79 Å². The second-order valence-electron chi connectivity index (χ2n) is 5.55. The van der Waals surface area contributed by atoms with Crippen molar-refractivity contribution in [2.75, 3.05) is 19.6 Å². The van der Waals surface area contributed by atoms with Crippen molar-refractivity contribution < 1.29 is 4.79 Å². The second kappa shape index (κ2) is 12.7. The van der Waals surface area contributed by atoms with E-state index in [1.54, 1.807) is 12.1 Å².